The fraction of sp³-hybridized carbons (Fsp3) is 0.680. The average molecular weight is 1490 g/mol. The quantitative estimate of drug-likeness (QED) is 0.0294. The van der Waals surface area contributed by atoms with Crippen LogP contribution in [-0.2, 0) is 68.8 Å². The first-order valence-corrected chi connectivity index (χ1v) is 37.8. The van der Waals surface area contributed by atoms with Crippen LogP contribution in [0.2, 0.25) is 0 Å². The van der Waals surface area contributed by atoms with Gasteiger partial charge < -0.3 is 77.2 Å². The number of imide groups is 1. The van der Waals surface area contributed by atoms with Gasteiger partial charge in [-0.15, -0.1) is 11.8 Å². The van der Waals surface area contributed by atoms with E-state index >= 15 is 0 Å². The number of carbonyl (C=O) groups excluding carboxylic acids is 11. The van der Waals surface area contributed by atoms with E-state index in [0.717, 1.165) is 18.4 Å². The molecular weight excluding hydrogens is 1370 g/mol. The fourth-order valence-electron chi connectivity index (χ4n) is 13.8. The van der Waals surface area contributed by atoms with Crippen molar-refractivity contribution in [2.24, 2.45) is 40.7 Å². The minimum Gasteiger partial charge on any atom is -0.481 e. The number of nitrogens with one attached hydrogen (secondary N) is 7. The lowest BCUT2D eigenvalue weighted by atomic mass is 9.89. The number of hydrogen-bond acceptors (Lipinski definition) is 18. The number of β-amino-alcohol motifs (C(OH)–C–C–N with tert-alkyl or cyclic N) is 1. The number of nitrogens with two attached hydrogens (primary N) is 1. The monoisotopic (exact) mass is 1490 g/mol. The number of thioether (sulfide) groups is 1. The summed E-state index contributed by atoms with van der Waals surface area (Å²) in [4.78, 5) is 167. The molecule has 1 saturated carbocycles. The molecule has 586 valence electrons. The van der Waals surface area contributed by atoms with Crippen LogP contribution in [0.15, 0.2) is 48.5 Å². The highest BCUT2D eigenvalue weighted by molar-refractivity contribution is 8.00. The zero-order valence-corrected chi connectivity index (χ0v) is 64.9. The van der Waals surface area contributed by atoms with Gasteiger partial charge in [0.1, 0.15) is 24.7 Å². The summed E-state index contributed by atoms with van der Waals surface area (Å²) in [6, 6.07) is 7.34. The van der Waals surface area contributed by atoms with Crippen LogP contribution < -0.4 is 43.0 Å². The van der Waals surface area contributed by atoms with E-state index < -0.39 is 119 Å². The lowest BCUT2D eigenvalue weighted by Crippen LogP contribution is -2.59. The van der Waals surface area contributed by atoms with E-state index in [1.165, 1.54) is 35.8 Å². The van der Waals surface area contributed by atoms with Crippen LogP contribution in [0.1, 0.15) is 169 Å². The number of carboxylic acids is 1. The normalized spacial score (nSPS) is 19.1. The number of aliphatic carboxylic acids is 1. The van der Waals surface area contributed by atoms with Gasteiger partial charge in [-0.25, -0.2) is 9.59 Å². The molecule has 29 nitrogen and oxygen atoms in total. The number of likely N-dealkylation sites (N-methyl/N-ethyl adjacent to an activating group) is 2. The number of urea groups is 1. The molecule has 0 radical (unpaired) electrons. The van der Waals surface area contributed by atoms with Gasteiger partial charge in [0.2, 0.25) is 53.2 Å². The molecule has 3 aliphatic rings. The van der Waals surface area contributed by atoms with Crippen molar-refractivity contribution >= 4 is 88.7 Å². The number of primary amides is 1. The van der Waals surface area contributed by atoms with Crippen LogP contribution in [0.25, 0.3) is 0 Å². The van der Waals surface area contributed by atoms with Gasteiger partial charge in [-0.1, -0.05) is 117 Å². The number of nitrogens with zero attached hydrogens (tertiary/aromatic N) is 4. The van der Waals surface area contributed by atoms with Gasteiger partial charge in [0.05, 0.1) is 66.5 Å². The van der Waals surface area contributed by atoms with E-state index in [-0.39, 0.29) is 130 Å². The molecule has 0 spiro atoms. The Labute approximate surface area is 623 Å². The molecule has 1 aliphatic carbocycles. The lowest BCUT2D eigenvalue weighted by Gasteiger charge is -2.41. The molecular formula is C75H118N12O17S. The van der Waals surface area contributed by atoms with E-state index in [2.05, 4.69) is 37.2 Å². The number of ether oxygens (including phenoxy) is 3. The molecule has 30 heteroatoms. The number of aliphatic hydroxyl groups is 1. The number of rotatable bonds is 44. The second-order valence-electron chi connectivity index (χ2n) is 29.8. The number of likely N-dealkylation sites (tertiary alicyclic amines) is 2. The van der Waals surface area contributed by atoms with Crippen molar-refractivity contribution in [2.75, 3.05) is 72.6 Å². The summed E-state index contributed by atoms with van der Waals surface area (Å²) in [7, 11) is 8.22. The zero-order chi connectivity index (χ0) is 78.2. The zero-order valence-electron chi connectivity index (χ0n) is 64.1. The predicted octanol–water partition coefficient (Wildman–Crippen LogP) is 5.39. The van der Waals surface area contributed by atoms with Crippen molar-refractivity contribution in [3.8, 4) is 0 Å². The Morgan fingerprint density at radius 1 is 0.762 bits per heavy atom. The van der Waals surface area contributed by atoms with E-state index in [0.29, 0.717) is 48.3 Å². The van der Waals surface area contributed by atoms with Crippen molar-refractivity contribution < 1.29 is 82.0 Å². The Bertz CT molecular complexity index is 3260. The third-order valence-electron chi connectivity index (χ3n) is 20.2. The van der Waals surface area contributed by atoms with Crippen molar-refractivity contribution in [1.82, 2.24) is 51.5 Å². The summed E-state index contributed by atoms with van der Waals surface area (Å²) in [5.41, 5.74) is 7.44. The molecule has 2 saturated heterocycles. The van der Waals surface area contributed by atoms with E-state index in [1.54, 1.807) is 57.0 Å². The highest BCUT2D eigenvalue weighted by atomic mass is 32.2. The molecule has 2 unspecified atom stereocenters. The SMILES string of the molecule is CC[C@H](C)[C@@H]([C@@H](CC(=O)N1C[C@@H](O)C[C@H]1[C@H](OC)[C@@H](C)C(=O)NCC(NC(=O)OCc1ccc(NC(=O)[C@H](CCCNC(N)=O)NC(=O)[C@@H](NC(=O)CCCCCN2C(=O)CC(SCC3(CC(=O)O)CC3)C2=O)C(C)C)cc1)c1ccc(C)cc1)OC)N(C)C(=O)[C@@H](NC(=O)[C@H](C(C)C)N(C)C)C(C)C. The Morgan fingerprint density at radius 3 is 1.99 bits per heavy atom. The highest BCUT2D eigenvalue weighted by Crippen LogP contribution is 2.52. The third-order valence-corrected chi connectivity index (χ3v) is 21.8. The number of benzene rings is 2. The predicted molar refractivity (Wildman–Crippen MR) is 397 cm³/mol. The van der Waals surface area contributed by atoms with Crippen LogP contribution in [0.3, 0.4) is 0 Å². The number of hydrogen-bond donors (Lipinski definition) is 10. The number of amides is 12. The maximum absolute atomic E-state index is 14.6. The van der Waals surface area contributed by atoms with Crippen LogP contribution in [-0.4, -0.2) is 228 Å². The molecule has 0 bridgehead atoms. The molecule has 2 aliphatic heterocycles. The van der Waals surface area contributed by atoms with Gasteiger partial charge in [-0.2, -0.15) is 0 Å². The van der Waals surface area contributed by atoms with Crippen LogP contribution >= 0.6 is 11.8 Å². The van der Waals surface area contributed by atoms with Crippen LogP contribution in [0.4, 0.5) is 15.3 Å². The summed E-state index contributed by atoms with van der Waals surface area (Å²) in [5, 5.41) is 39.5. The molecule has 2 aromatic carbocycles. The highest BCUT2D eigenvalue weighted by Gasteiger charge is 2.48. The van der Waals surface area contributed by atoms with Gasteiger partial charge in [0.25, 0.3) is 0 Å². The molecule has 11 N–H and O–H groups in total. The van der Waals surface area contributed by atoms with Crippen molar-refractivity contribution in [2.45, 2.75) is 225 Å². The second-order valence-corrected chi connectivity index (χ2v) is 31.0. The first-order chi connectivity index (χ1) is 49.5. The standard InChI is InChI=1S/C75H118N12O17S/c1-16-47(9)65(85(13)72(99)63(44(4)5)83-70(97)64(45(6)7)84(11)12)56(102-14)36-59(90)87-40-52(88)35-55(87)66(103-15)48(10)67(94)78-39-54(50-27-23-46(8)24-28-50)81-74(101)104-41-49-25-29-51(30-26-49)79-68(95)53(21-20-33-77-73(76)100)80-69(96)62(43(2)3)82-58(89)22-18-17-19-34-86-60(91)37-57(71(86)98)105-42-75(31-32-75)38-61(92)93/h23-30,43-45,47-48,52-57,62-66,88H,16-22,31-42H2,1-15H3,(H,78,94)(H,79,95)(H,80,96)(H,81,101)(H,82,89)(H,83,97)(H,92,93)(H3,76,77,100)/t47-,48+,52-,53-,54?,55-,56+,57?,62-,63-,64-,65-,66+/m0/s1. The number of methoxy groups -OCH3 is 2. The van der Waals surface area contributed by atoms with Gasteiger partial charge in [-0.3, -0.25) is 57.7 Å². The topological polar surface area (TPSA) is 396 Å². The Morgan fingerprint density at radius 2 is 1.42 bits per heavy atom. The average Bonchev–Trinajstić information content (AvgIpc) is 1.71. The second kappa shape index (κ2) is 41.8. The number of aryl methyl sites for hydroxylation is 1. The first-order valence-electron chi connectivity index (χ1n) is 36.8. The number of alkyl carbamates (subject to hydrolysis) is 1. The maximum Gasteiger partial charge on any atom is 0.408 e. The summed E-state index contributed by atoms with van der Waals surface area (Å²) in [6.07, 6.45) is 0.539. The molecule has 105 heavy (non-hydrogen) atoms. The summed E-state index contributed by atoms with van der Waals surface area (Å²) < 4.78 is 17.7. The third kappa shape index (κ3) is 26.5. The van der Waals surface area contributed by atoms with E-state index in [1.807, 2.05) is 91.7 Å². The van der Waals surface area contributed by atoms with E-state index in [4.69, 9.17) is 19.9 Å². The molecule has 12 amide bonds. The van der Waals surface area contributed by atoms with Crippen LogP contribution in [0.5, 0.6) is 0 Å². The molecule has 5 rings (SSSR count). The first kappa shape index (κ1) is 87.7. The Kier molecular flexibility index (Phi) is 34.9. The van der Waals surface area contributed by atoms with Crippen molar-refractivity contribution in [1.29, 1.82) is 0 Å². The minimum absolute atomic E-state index is 0.0261. The summed E-state index contributed by atoms with van der Waals surface area (Å²) in [5.74, 6) is -5.72. The van der Waals surface area contributed by atoms with E-state index in [9.17, 15) is 67.7 Å². The van der Waals surface area contributed by atoms with Gasteiger partial charge >= 0.3 is 18.1 Å². The Hall–Kier alpha value is -7.93. The van der Waals surface area contributed by atoms with Gasteiger partial charge in [0.15, 0.2) is 0 Å². The largest absolute Gasteiger partial charge is 0.481 e. The summed E-state index contributed by atoms with van der Waals surface area (Å²) >= 11 is 1.35. The fourth-order valence-corrected chi connectivity index (χ4v) is 15.3. The van der Waals surface area contributed by atoms with Gasteiger partial charge in [0, 0.05) is 71.7 Å². The number of aliphatic hydroxyl groups excluding tert-OH is 1. The lowest BCUT2D eigenvalue weighted by molar-refractivity contribution is -0.148. The number of unbranched alkanes of at least 4 members (excludes halogenated alkanes) is 2. The van der Waals surface area contributed by atoms with Gasteiger partial charge in [-0.05, 0) is 118 Å². The Balaban J connectivity index is 1.16. The molecule has 2 aromatic rings. The molecule has 0 aromatic heterocycles. The smallest absolute Gasteiger partial charge is 0.408 e. The molecule has 3 fully saturated rings. The number of carboxylic acid groups (broad SMARTS) is 1. The molecule has 13 atom stereocenters. The van der Waals surface area contributed by atoms with Crippen LogP contribution in [0, 0.1) is 41.9 Å². The number of anilines is 1. The molecule has 2 heterocycles. The number of carbonyl (C=O) groups is 12. The van der Waals surface area contributed by atoms with Crippen molar-refractivity contribution in [3.63, 3.8) is 0 Å². The van der Waals surface area contributed by atoms with Crippen molar-refractivity contribution in [3.05, 3.63) is 65.2 Å². The maximum atomic E-state index is 14.6. The summed E-state index contributed by atoms with van der Waals surface area (Å²) in [6.45, 7) is 18.6. The minimum atomic E-state index is -1.13.